The third-order valence-electron chi connectivity index (χ3n) is 18.4. The van der Waals surface area contributed by atoms with Gasteiger partial charge < -0.3 is 33.8 Å². The van der Waals surface area contributed by atoms with E-state index >= 15 is 0 Å². The molecule has 0 spiro atoms. The Morgan fingerprint density at radius 1 is 0.276 bits per heavy atom. The van der Waals surface area contributed by atoms with Gasteiger partial charge in [0.05, 0.1) is 26.4 Å². The maximum atomic E-state index is 13.1. The second kappa shape index (κ2) is 69.4. The van der Waals surface area contributed by atoms with Crippen molar-refractivity contribution in [3.05, 3.63) is 0 Å². The van der Waals surface area contributed by atoms with Crippen molar-refractivity contribution in [3.63, 3.8) is 0 Å². The zero-order chi connectivity index (χ0) is 72.3. The van der Waals surface area contributed by atoms with E-state index in [4.69, 9.17) is 37.0 Å². The molecule has 0 aliphatic rings. The molecule has 19 heteroatoms. The van der Waals surface area contributed by atoms with Crippen LogP contribution in [0.25, 0.3) is 0 Å². The number of unbranched alkanes of at least 4 members (excludes halogenated alkanes) is 45. The van der Waals surface area contributed by atoms with Gasteiger partial charge in [-0.25, -0.2) is 9.13 Å². The Kier molecular flexibility index (Phi) is 68.1. The lowest BCUT2D eigenvalue weighted by atomic mass is 10.0. The van der Waals surface area contributed by atoms with E-state index in [1.807, 2.05) is 0 Å². The summed E-state index contributed by atoms with van der Waals surface area (Å²) in [5, 5.41) is 10.6. The summed E-state index contributed by atoms with van der Waals surface area (Å²) >= 11 is 0. The average molecular weight is 1440 g/mol. The topological polar surface area (TPSA) is 237 Å². The minimum Gasteiger partial charge on any atom is -0.462 e. The fourth-order valence-corrected chi connectivity index (χ4v) is 13.7. The van der Waals surface area contributed by atoms with Crippen molar-refractivity contribution >= 4 is 39.5 Å². The predicted octanol–water partition coefficient (Wildman–Crippen LogP) is 23.4. The van der Waals surface area contributed by atoms with Gasteiger partial charge in [0.1, 0.15) is 19.3 Å². The molecule has 0 aliphatic heterocycles. The van der Waals surface area contributed by atoms with Gasteiger partial charge in [-0.2, -0.15) is 0 Å². The summed E-state index contributed by atoms with van der Waals surface area (Å²) < 4.78 is 68.6. The number of carbonyl (C=O) groups excluding carboxylic acids is 4. The highest BCUT2D eigenvalue weighted by Gasteiger charge is 2.30. The number of esters is 4. The first kappa shape index (κ1) is 96.1. The third-order valence-corrected chi connectivity index (χ3v) is 20.3. The first-order chi connectivity index (χ1) is 47.2. The lowest BCUT2D eigenvalue weighted by molar-refractivity contribution is -0.161. The molecule has 0 aromatic heterocycles. The Balaban J connectivity index is 5.20. The van der Waals surface area contributed by atoms with Gasteiger partial charge in [0.15, 0.2) is 12.2 Å². The van der Waals surface area contributed by atoms with Crippen LogP contribution in [0.2, 0.25) is 0 Å². The van der Waals surface area contributed by atoms with Crippen LogP contribution in [0.5, 0.6) is 0 Å². The SMILES string of the molecule is CCCCCCCCCCCCCCCCCCC(=O)OC[C@H](COP(=O)(O)OC[C@@H](O)COP(=O)(O)OC[C@@H](COC(=O)CCCCCCCCC(C)C)OC(=O)CCCCCCCCCCCC(C)C)OC(=O)CCCCCCCCCCCCCCCCCCCCC(C)C. The van der Waals surface area contributed by atoms with Gasteiger partial charge >= 0.3 is 39.5 Å². The number of rotatable bonds is 77. The second-order valence-corrected chi connectivity index (χ2v) is 32.8. The monoisotopic (exact) mass is 1440 g/mol. The maximum Gasteiger partial charge on any atom is 0.472 e. The molecule has 2 unspecified atom stereocenters. The summed E-state index contributed by atoms with van der Waals surface area (Å²) in [6, 6.07) is 0. The van der Waals surface area contributed by atoms with Crippen LogP contribution in [0, 0.1) is 17.8 Å². The van der Waals surface area contributed by atoms with Crippen molar-refractivity contribution in [3.8, 4) is 0 Å². The molecule has 0 bridgehead atoms. The highest BCUT2D eigenvalue weighted by Crippen LogP contribution is 2.45. The van der Waals surface area contributed by atoms with Crippen molar-refractivity contribution in [2.45, 2.75) is 426 Å². The largest absolute Gasteiger partial charge is 0.472 e. The summed E-state index contributed by atoms with van der Waals surface area (Å²) in [5.41, 5.74) is 0. The smallest absolute Gasteiger partial charge is 0.462 e. The number of carbonyl (C=O) groups is 4. The molecule has 0 aromatic rings. The molecule has 0 aromatic carbocycles. The molecule has 0 aliphatic carbocycles. The van der Waals surface area contributed by atoms with Crippen molar-refractivity contribution < 1.29 is 80.2 Å². The molecular formula is C79H154O17P2. The van der Waals surface area contributed by atoms with Gasteiger partial charge in [0.2, 0.25) is 0 Å². The molecule has 0 saturated heterocycles. The molecule has 17 nitrogen and oxygen atoms in total. The third kappa shape index (κ3) is 72.4. The van der Waals surface area contributed by atoms with Gasteiger partial charge in [0, 0.05) is 25.7 Å². The van der Waals surface area contributed by atoms with Crippen LogP contribution in [0.1, 0.15) is 408 Å². The van der Waals surface area contributed by atoms with Crippen LogP contribution in [0.3, 0.4) is 0 Å². The van der Waals surface area contributed by atoms with E-state index in [9.17, 15) is 43.2 Å². The lowest BCUT2D eigenvalue weighted by Gasteiger charge is -2.21. The minimum absolute atomic E-state index is 0.104. The van der Waals surface area contributed by atoms with Gasteiger partial charge in [0.25, 0.3) is 0 Å². The number of hydrogen-bond acceptors (Lipinski definition) is 15. The van der Waals surface area contributed by atoms with Crippen LogP contribution in [0.15, 0.2) is 0 Å². The first-order valence-corrected chi connectivity index (χ1v) is 43.8. The fourth-order valence-electron chi connectivity index (χ4n) is 12.1. The number of aliphatic hydroxyl groups is 1. The van der Waals surface area contributed by atoms with Gasteiger partial charge in [-0.1, -0.05) is 357 Å². The molecule has 3 N–H and O–H groups in total. The molecule has 582 valence electrons. The standard InChI is InChI=1S/C79H154O17P2/c1-8-9-10-11-12-13-14-15-16-22-25-28-33-38-46-53-60-76(81)89-66-74(95-78(83)62-55-48-39-34-29-26-23-20-18-17-19-21-24-27-31-36-43-50-57-70(2)3)68-93-97(85,86)91-64-73(80)65-92-98(87,88)94-69-75(67-90-77(82)61-54-47-42-41-45-52-59-72(6)7)96-79(84)63-56-49-40-35-30-32-37-44-51-58-71(4)5/h70-75,80H,8-69H2,1-7H3,(H,85,86)(H,87,88)/t73-,74-,75-/m1/s1. The molecule has 0 saturated carbocycles. The van der Waals surface area contributed by atoms with Crippen LogP contribution in [0.4, 0.5) is 0 Å². The Morgan fingerprint density at radius 2 is 0.469 bits per heavy atom. The lowest BCUT2D eigenvalue weighted by Crippen LogP contribution is -2.30. The summed E-state index contributed by atoms with van der Waals surface area (Å²) in [7, 11) is -9.91. The fraction of sp³-hybridized carbons (Fsp3) is 0.949. The molecule has 0 amide bonds. The Morgan fingerprint density at radius 3 is 0.694 bits per heavy atom. The predicted molar refractivity (Wildman–Crippen MR) is 400 cm³/mol. The van der Waals surface area contributed by atoms with Crippen LogP contribution in [-0.4, -0.2) is 96.7 Å². The Labute approximate surface area is 600 Å². The summed E-state index contributed by atoms with van der Waals surface area (Å²) in [5.74, 6) is 0.119. The van der Waals surface area contributed by atoms with E-state index in [0.717, 1.165) is 108 Å². The highest BCUT2D eigenvalue weighted by atomic mass is 31.2. The van der Waals surface area contributed by atoms with E-state index in [2.05, 4.69) is 48.5 Å². The van der Waals surface area contributed by atoms with Crippen molar-refractivity contribution in [2.24, 2.45) is 17.8 Å². The van der Waals surface area contributed by atoms with Crippen molar-refractivity contribution in [1.82, 2.24) is 0 Å². The maximum absolute atomic E-state index is 13.1. The zero-order valence-corrected chi connectivity index (χ0v) is 66.0. The minimum atomic E-state index is -4.96. The van der Waals surface area contributed by atoms with E-state index in [1.54, 1.807) is 0 Å². The van der Waals surface area contributed by atoms with E-state index in [1.165, 1.54) is 212 Å². The molecule has 0 heterocycles. The van der Waals surface area contributed by atoms with Crippen molar-refractivity contribution in [2.75, 3.05) is 39.6 Å². The molecular weight excluding hydrogens is 1280 g/mol. The molecule has 98 heavy (non-hydrogen) atoms. The van der Waals surface area contributed by atoms with Gasteiger partial charge in [-0.15, -0.1) is 0 Å². The normalized spacial score (nSPS) is 14.0. The number of phosphoric acid groups is 2. The molecule has 0 rings (SSSR count). The molecule has 0 radical (unpaired) electrons. The van der Waals surface area contributed by atoms with Crippen LogP contribution < -0.4 is 0 Å². The zero-order valence-electron chi connectivity index (χ0n) is 64.3. The van der Waals surface area contributed by atoms with Gasteiger partial charge in [-0.3, -0.25) is 37.3 Å². The quantitative estimate of drug-likeness (QED) is 0.0222. The Bertz CT molecular complexity index is 1900. The second-order valence-electron chi connectivity index (χ2n) is 29.9. The Hall–Kier alpha value is -1.94. The molecule has 5 atom stereocenters. The number of ether oxygens (including phenoxy) is 4. The summed E-state index contributed by atoms with van der Waals surface area (Å²) in [6.45, 7) is 11.8. The average Bonchev–Trinajstić information content (AvgIpc) is 0.940. The van der Waals surface area contributed by atoms with Gasteiger partial charge in [-0.05, 0) is 43.4 Å². The number of aliphatic hydroxyl groups excluding tert-OH is 1. The number of phosphoric ester groups is 2. The first-order valence-electron chi connectivity index (χ1n) is 40.8. The van der Waals surface area contributed by atoms with Crippen LogP contribution >= 0.6 is 15.6 Å². The van der Waals surface area contributed by atoms with Crippen molar-refractivity contribution in [1.29, 1.82) is 0 Å². The summed E-state index contributed by atoms with van der Waals surface area (Å²) in [4.78, 5) is 72.9. The van der Waals surface area contributed by atoms with E-state index < -0.39 is 97.5 Å². The van der Waals surface area contributed by atoms with E-state index in [-0.39, 0.29) is 25.7 Å². The van der Waals surface area contributed by atoms with Crippen LogP contribution in [-0.2, 0) is 65.4 Å². The summed E-state index contributed by atoms with van der Waals surface area (Å²) in [6.07, 6.45) is 57.2. The number of hydrogen-bond donors (Lipinski definition) is 3. The van der Waals surface area contributed by atoms with E-state index in [0.29, 0.717) is 31.6 Å². The molecule has 0 fully saturated rings. The highest BCUT2D eigenvalue weighted by molar-refractivity contribution is 7.47.